The van der Waals surface area contributed by atoms with Crippen LogP contribution in [0, 0.1) is 0 Å². The van der Waals surface area contributed by atoms with Crippen molar-refractivity contribution in [1.82, 2.24) is 35.4 Å². The second-order valence-electron chi connectivity index (χ2n) is 8.33. The summed E-state index contributed by atoms with van der Waals surface area (Å²) in [5.41, 5.74) is 4.47. The van der Waals surface area contributed by atoms with E-state index in [0.29, 0.717) is 18.1 Å². The molecule has 3 heterocycles. The minimum absolute atomic E-state index is 0.189. The Balaban J connectivity index is 1.46. The van der Waals surface area contributed by atoms with Crippen LogP contribution in [0.1, 0.15) is 29.8 Å². The van der Waals surface area contributed by atoms with Crippen molar-refractivity contribution in [1.29, 1.82) is 0 Å². The fourth-order valence-corrected chi connectivity index (χ4v) is 4.13. The molecule has 0 aliphatic heterocycles. The maximum Gasteiger partial charge on any atom is 0.343 e. The van der Waals surface area contributed by atoms with Gasteiger partial charge in [0.25, 0.3) is 0 Å². The van der Waals surface area contributed by atoms with E-state index < -0.39 is 5.97 Å². The lowest BCUT2D eigenvalue weighted by molar-refractivity contribution is -0.115. The van der Waals surface area contributed by atoms with Crippen LogP contribution in [-0.4, -0.2) is 53.9 Å². The van der Waals surface area contributed by atoms with Crippen molar-refractivity contribution in [3.8, 4) is 22.5 Å². The van der Waals surface area contributed by atoms with E-state index in [2.05, 4.69) is 30.7 Å². The number of aromatic nitrogens is 7. The van der Waals surface area contributed by atoms with Gasteiger partial charge in [0.05, 0.1) is 25.0 Å². The lowest BCUT2D eigenvalue weighted by Crippen LogP contribution is -2.25. The van der Waals surface area contributed by atoms with Crippen LogP contribution in [0.25, 0.3) is 22.5 Å². The van der Waals surface area contributed by atoms with E-state index in [0.717, 1.165) is 22.3 Å². The zero-order chi connectivity index (χ0) is 26.5. The number of rotatable bonds is 8. The van der Waals surface area contributed by atoms with Crippen LogP contribution in [-0.2, 0) is 16.1 Å². The molecule has 0 bridgehead atoms. The maximum absolute atomic E-state index is 12.8. The number of nitrogens with zero attached hydrogens (tertiary/aromatic N) is 7. The summed E-state index contributed by atoms with van der Waals surface area (Å²) in [6, 6.07) is 19.2. The topological polar surface area (TPSA) is 132 Å². The average Bonchev–Trinajstić information content (AvgIpc) is 3.61. The molecule has 11 nitrogen and oxygen atoms in total. The number of aromatic amines is 1. The molecule has 0 saturated heterocycles. The summed E-state index contributed by atoms with van der Waals surface area (Å²) < 4.78 is 6.86. The van der Waals surface area contributed by atoms with Gasteiger partial charge in [-0.1, -0.05) is 48.5 Å². The normalized spacial score (nSPS) is 10.8. The molecular weight excluding hydrogens is 484 g/mol. The Hall–Kier alpha value is -5.19. The van der Waals surface area contributed by atoms with Crippen LogP contribution < -0.4 is 4.90 Å². The highest BCUT2D eigenvalue weighted by Crippen LogP contribution is 2.31. The molecule has 38 heavy (non-hydrogen) atoms. The number of H-pyrrole nitrogens is 1. The molecule has 0 fully saturated rings. The molecule has 0 atom stereocenters. The predicted molar refractivity (Wildman–Crippen MR) is 139 cm³/mol. The summed E-state index contributed by atoms with van der Waals surface area (Å²) in [7, 11) is 0. The SMILES string of the molecule is CCOC(=O)c1cn(Cc2ccc(-c3ccccc3-c3nn[nH]n3)cc2)nc1N(C(C)=O)c1cccnc1. The van der Waals surface area contributed by atoms with E-state index in [4.69, 9.17) is 4.74 Å². The molecule has 3 aromatic heterocycles. The molecule has 0 spiro atoms. The van der Waals surface area contributed by atoms with E-state index in [9.17, 15) is 9.59 Å². The summed E-state index contributed by atoms with van der Waals surface area (Å²) in [6.07, 6.45) is 4.75. The van der Waals surface area contributed by atoms with Crippen LogP contribution in [0.3, 0.4) is 0 Å². The van der Waals surface area contributed by atoms with Crippen LogP contribution >= 0.6 is 0 Å². The Kier molecular flexibility index (Phi) is 6.98. The number of hydrogen-bond acceptors (Lipinski definition) is 8. The van der Waals surface area contributed by atoms with E-state index in [-0.39, 0.29) is 23.9 Å². The number of amides is 1. The minimum atomic E-state index is -0.558. The second-order valence-corrected chi connectivity index (χ2v) is 8.33. The Labute approximate surface area is 218 Å². The predicted octanol–water partition coefficient (Wildman–Crippen LogP) is 4.03. The Morgan fingerprint density at radius 1 is 1.03 bits per heavy atom. The lowest BCUT2D eigenvalue weighted by Gasteiger charge is -2.19. The Morgan fingerprint density at radius 2 is 1.82 bits per heavy atom. The van der Waals surface area contributed by atoms with Gasteiger partial charge >= 0.3 is 5.97 Å². The van der Waals surface area contributed by atoms with E-state index in [1.807, 2.05) is 48.5 Å². The van der Waals surface area contributed by atoms with E-state index in [1.165, 1.54) is 11.8 Å². The molecule has 1 N–H and O–H groups in total. The van der Waals surface area contributed by atoms with E-state index in [1.54, 1.807) is 42.3 Å². The maximum atomic E-state index is 12.8. The molecular formula is C27H24N8O3. The minimum Gasteiger partial charge on any atom is -0.462 e. The highest BCUT2D eigenvalue weighted by molar-refractivity contribution is 6.04. The van der Waals surface area contributed by atoms with Crippen molar-refractivity contribution in [3.05, 3.63) is 90.4 Å². The highest BCUT2D eigenvalue weighted by Gasteiger charge is 2.26. The van der Waals surface area contributed by atoms with Gasteiger partial charge in [-0.25, -0.2) is 4.79 Å². The summed E-state index contributed by atoms with van der Waals surface area (Å²) in [6.45, 7) is 3.71. The van der Waals surface area contributed by atoms with Crippen molar-refractivity contribution < 1.29 is 14.3 Å². The molecule has 190 valence electrons. The zero-order valence-corrected chi connectivity index (χ0v) is 20.8. The van der Waals surface area contributed by atoms with Gasteiger partial charge in [-0.2, -0.15) is 10.3 Å². The highest BCUT2D eigenvalue weighted by atomic mass is 16.5. The van der Waals surface area contributed by atoms with Crippen molar-refractivity contribution >= 4 is 23.4 Å². The molecule has 0 radical (unpaired) electrons. The lowest BCUT2D eigenvalue weighted by atomic mass is 9.98. The number of nitrogens with one attached hydrogen (secondary N) is 1. The van der Waals surface area contributed by atoms with Gasteiger partial charge < -0.3 is 4.74 Å². The summed E-state index contributed by atoms with van der Waals surface area (Å²) in [5.74, 6) is -0.158. The number of benzene rings is 2. The third kappa shape index (κ3) is 5.03. The van der Waals surface area contributed by atoms with Gasteiger partial charge in [0.2, 0.25) is 11.7 Å². The van der Waals surface area contributed by atoms with Crippen LogP contribution in [0.5, 0.6) is 0 Å². The number of tetrazole rings is 1. The Morgan fingerprint density at radius 3 is 2.47 bits per heavy atom. The molecule has 5 rings (SSSR count). The molecule has 11 heteroatoms. The van der Waals surface area contributed by atoms with E-state index >= 15 is 0 Å². The quantitative estimate of drug-likeness (QED) is 0.311. The third-order valence-corrected chi connectivity index (χ3v) is 5.79. The number of esters is 1. The first-order valence-corrected chi connectivity index (χ1v) is 11.9. The van der Waals surface area contributed by atoms with Crippen molar-refractivity contribution in [2.24, 2.45) is 0 Å². The third-order valence-electron chi connectivity index (χ3n) is 5.79. The van der Waals surface area contributed by atoms with Gasteiger partial charge in [0.15, 0.2) is 5.82 Å². The van der Waals surface area contributed by atoms with Crippen molar-refractivity contribution in [2.75, 3.05) is 11.5 Å². The largest absolute Gasteiger partial charge is 0.462 e. The summed E-state index contributed by atoms with van der Waals surface area (Å²) in [4.78, 5) is 30.8. The second kappa shape index (κ2) is 10.8. The molecule has 5 aromatic rings. The van der Waals surface area contributed by atoms with Gasteiger partial charge in [-0.3, -0.25) is 19.4 Å². The summed E-state index contributed by atoms with van der Waals surface area (Å²) >= 11 is 0. The summed E-state index contributed by atoms with van der Waals surface area (Å²) in [5, 5.41) is 19.0. The fraction of sp³-hybridized carbons (Fsp3) is 0.148. The number of ether oxygens (including phenoxy) is 1. The molecule has 0 saturated carbocycles. The number of hydrogen-bond donors (Lipinski definition) is 1. The first-order chi connectivity index (χ1) is 18.5. The van der Waals surface area contributed by atoms with Crippen LogP contribution in [0.4, 0.5) is 11.5 Å². The molecule has 2 aromatic carbocycles. The first-order valence-electron chi connectivity index (χ1n) is 11.9. The van der Waals surface area contributed by atoms with Crippen LogP contribution in [0.2, 0.25) is 0 Å². The fourth-order valence-electron chi connectivity index (χ4n) is 4.13. The molecule has 1 amide bonds. The van der Waals surface area contributed by atoms with Gasteiger partial charge in [0, 0.05) is 24.9 Å². The average molecular weight is 509 g/mol. The number of anilines is 2. The van der Waals surface area contributed by atoms with Gasteiger partial charge in [-0.15, -0.1) is 10.2 Å². The van der Waals surface area contributed by atoms with Crippen molar-refractivity contribution in [3.63, 3.8) is 0 Å². The van der Waals surface area contributed by atoms with Gasteiger partial charge in [0.1, 0.15) is 5.56 Å². The number of pyridine rings is 1. The number of carbonyl (C=O) groups excluding carboxylic acids is 2. The van der Waals surface area contributed by atoms with Gasteiger partial charge in [-0.05, 0) is 41.0 Å². The monoisotopic (exact) mass is 508 g/mol. The molecule has 0 aliphatic rings. The number of carbonyl (C=O) groups is 2. The Bertz CT molecular complexity index is 1550. The smallest absolute Gasteiger partial charge is 0.343 e. The first kappa shape index (κ1) is 24.5. The molecule has 0 unspecified atom stereocenters. The van der Waals surface area contributed by atoms with Crippen molar-refractivity contribution in [2.45, 2.75) is 20.4 Å². The van der Waals surface area contributed by atoms with Crippen LogP contribution in [0.15, 0.2) is 79.3 Å². The standard InChI is InChI=1S/C27H24N8O3/c1-3-38-27(37)24-17-34(31-26(24)35(18(2)36)21-7-6-14-28-15-21)16-19-10-12-20(13-11-19)22-8-4-5-9-23(22)25-29-32-33-30-25/h4-15,17H,3,16H2,1-2H3,(H,29,30,32,33). The molecule has 0 aliphatic carbocycles. The zero-order valence-electron chi connectivity index (χ0n) is 20.8.